The molecule has 0 fully saturated rings. The fraction of sp³-hybridized carbons (Fsp3) is 0.125. The van der Waals surface area contributed by atoms with Crippen molar-refractivity contribution in [2.75, 3.05) is 7.11 Å². The number of rotatable bonds is 2. The highest BCUT2D eigenvalue weighted by atomic mass is 79.9. The first-order chi connectivity index (χ1) is 6.19. The summed E-state index contributed by atoms with van der Waals surface area (Å²) in [4.78, 5) is 3.87. The van der Waals surface area contributed by atoms with Crippen LogP contribution in [0.4, 0.5) is 5.69 Å². The summed E-state index contributed by atoms with van der Waals surface area (Å²) in [5, 5.41) is 2.30. The van der Waals surface area contributed by atoms with Gasteiger partial charge in [0.25, 0.3) is 0 Å². The Kier molecular flexibility index (Phi) is 4.06. The summed E-state index contributed by atoms with van der Waals surface area (Å²) in [7, 11) is 1.60. The number of thiocarbonyl (C=S) groups is 1. The molecule has 0 saturated carbocycles. The minimum Gasteiger partial charge on any atom is -0.495 e. The maximum Gasteiger partial charge on any atom is 0.135 e. The van der Waals surface area contributed by atoms with Gasteiger partial charge in [-0.15, -0.1) is 0 Å². The molecular formula is C8H5Br2NOS. The number of methoxy groups -OCH3 is 1. The molecule has 5 heteroatoms. The van der Waals surface area contributed by atoms with Crippen LogP contribution in [0.5, 0.6) is 5.75 Å². The number of hydrogen-bond donors (Lipinski definition) is 0. The van der Waals surface area contributed by atoms with E-state index in [1.807, 2.05) is 6.07 Å². The molecule has 0 aromatic heterocycles. The summed E-state index contributed by atoms with van der Waals surface area (Å²) in [6.07, 6.45) is 0. The molecule has 0 amide bonds. The van der Waals surface area contributed by atoms with Crippen molar-refractivity contribution in [2.45, 2.75) is 0 Å². The van der Waals surface area contributed by atoms with Crippen molar-refractivity contribution in [3.05, 3.63) is 21.1 Å². The van der Waals surface area contributed by atoms with E-state index in [0.717, 1.165) is 8.95 Å². The van der Waals surface area contributed by atoms with Crippen molar-refractivity contribution in [1.29, 1.82) is 0 Å². The lowest BCUT2D eigenvalue weighted by molar-refractivity contribution is 0.412. The Labute approximate surface area is 98.3 Å². The first kappa shape index (κ1) is 10.9. The first-order valence-electron chi connectivity index (χ1n) is 3.30. The maximum atomic E-state index is 5.10. The lowest BCUT2D eigenvalue weighted by Crippen LogP contribution is -1.84. The van der Waals surface area contributed by atoms with Crippen molar-refractivity contribution in [3.8, 4) is 5.75 Å². The van der Waals surface area contributed by atoms with E-state index in [1.54, 1.807) is 13.2 Å². The van der Waals surface area contributed by atoms with E-state index in [4.69, 9.17) is 4.74 Å². The van der Waals surface area contributed by atoms with Gasteiger partial charge < -0.3 is 4.74 Å². The summed E-state index contributed by atoms with van der Waals surface area (Å²) in [5.41, 5.74) is 0.704. The second-order valence-electron chi connectivity index (χ2n) is 2.14. The van der Waals surface area contributed by atoms with Gasteiger partial charge in [0, 0.05) is 10.5 Å². The van der Waals surface area contributed by atoms with Crippen molar-refractivity contribution in [2.24, 2.45) is 4.99 Å². The van der Waals surface area contributed by atoms with Gasteiger partial charge in [0.15, 0.2) is 0 Å². The van der Waals surface area contributed by atoms with Crippen LogP contribution in [-0.4, -0.2) is 12.3 Å². The number of hydrogen-bond acceptors (Lipinski definition) is 3. The number of ether oxygens (including phenoxy) is 1. The average molecular weight is 323 g/mol. The van der Waals surface area contributed by atoms with Crippen molar-refractivity contribution >= 4 is 54.9 Å². The van der Waals surface area contributed by atoms with Crippen LogP contribution < -0.4 is 4.74 Å². The molecule has 1 aromatic rings. The zero-order valence-electron chi connectivity index (χ0n) is 6.67. The van der Waals surface area contributed by atoms with Crippen LogP contribution in [0.2, 0.25) is 0 Å². The quantitative estimate of drug-likeness (QED) is 0.607. The number of aliphatic imine (C=N–C) groups is 1. The third-order valence-corrected chi connectivity index (χ3v) is 2.73. The predicted molar refractivity (Wildman–Crippen MR) is 63.1 cm³/mol. The zero-order valence-corrected chi connectivity index (χ0v) is 10.7. The first-order valence-corrected chi connectivity index (χ1v) is 5.29. The molecule has 1 aromatic carbocycles. The molecule has 13 heavy (non-hydrogen) atoms. The molecule has 0 spiro atoms. The van der Waals surface area contributed by atoms with Crippen molar-refractivity contribution < 1.29 is 4.74 Å². The Balaban J connectivity index is 3.29. The molecule has 0 aliphatic carbocycles. The fourth-order valence-electron chi connectivity index (χ4n) is 0.810. The van der Waals surface area contributed by atoms with Gasteiger partial charge in [-0.05, 0) is 50.1 Å². The maximum absolute atomic E-state index is 5.10. The second kappa shape index (κ2) is 4.86. The molecule has 2 nitrogen and oxygen atoms in total. The molecule has 0 aliphatic heterocycles. The standard InChI is InChI=1S/C8H5Br2NOS/c1-12-8-3-7(11-4-13)5(9)2-6(8)10/h2-3H,1H3. The van der Waals surface area contributed by atoms with E-state index < -0.39 is 0 Å². The molecule has 68 valence electrons. The lowest BCUT2D eigenvalue weighted by Gasteiger charge is -2.04. The normalized spacial score (nSPS) is 9.15. The van der Waals surface area contributed by atoms with Gasteiger partial charge in [-0.1, -0.05) is 0 Å². The number of benzene rings is 1. The summed E-state index contributed by atoms with van der Waals surface area (Å²) in [5.74, 6) is 0.715. The molecule has 0 bridgehead atoms. The fourth-order valence-corrected chi connectivity index (χ4v) is 2.15. The highest BCUT2D eigenvalue weighted by Crippen LogP contribution is 2.35. The van der Waals surface area contributed by atoms with E-state index in [9.17, 15) is 0 Å². The molecule has 0 atom stereocenters. The average Bonchev–Trinajstić information content (AvgIpc) is 2.10. The van der Waals surface area contributed by atoms with E-state index in [2.05, 4.69) is 54.2 Å². The molecule has 0 unspecified atom stereocenters. The minimum absolute atomic E-state index is 0.704. The highest BCUT2D eigenvalue weighted by Gasteiger charge is 2.05. The topological polar surface area (TPSA) is 21.6 Å². The van der Waals surface area contributed by atoms with Crippen LogP contribution in [0.3, 0.4) is 0 Å². The third-order valence-electron chi connectivity index (χ3n) is 1.39. The Morgan fingerprint density at radius 1 is 1.38 bits per heavy atom. The van der Waals surface area contributed by atoms with Gasteiger partial charge in [0.2, 0.25) is 0 Å². The van der Waals surface area contributed by atoms with Crippen LogP contribution in [0, 0.1) is 0 Å². The van der Waals surface area contributed by atoms with E-state index in [-0.39, 0.29) is 0 Å². The van der Waals surface area contributed by atoms with Gasteiger partial charge in [-0.25, -0.2) is 0 Å². The molecular weight excluding hydrogens is 318 g/mol. The minimum atomic E-state index is 0.704. The van der Waals surface area contributed by atoms with Crippen molar-refractivity contribution in [1.82, 2.24) is 0 Å². The van der Waals surface area contributed by atoms with Gasteiger partial charge in [-0.2, -0.15) is 4.99 Å². The smallest absolute Gasteiger partial charge is 0.135 e. The highest BCUT2D eigenvalue weighted by molar-refractivity contribution is 9.11. The van der Waals surface area contributed by atoms with Gasteiger partial charge in [0.05, 0.1) is 22.4 Å². The number of isothiocyanates is 1. The number of nitrogens with zero attached hydrogens (tertiary/aromatic N) is 1. The van der Waals surface area contributed by atoms with E-state index in [1.165, 1.54) is 0 Å². The monoisotopic (exact) mass is 321 g/mol. The zero-order chi connectivity index (χ0) is 9.84. The van der Waals surface area contributed by atoms with E-state index in [0.29, 0.717) is 11.4 Å². The summed E-state index contributed by atoms with van der Waals surface area (Å²) < 4.78 is 6.81. The molecule has 0 radical (unpaired) electrons. The third kappa shape index (κ3) is 2.61. The Bertz CT molecular complexity index is 375. The van der Waals surface area contributed by atoms with Crippen LogP contribution in [0.1, 0.15) is 0 Å². The Morgan fingerprint density at radius 3 is 2.62 bits per heavy atom. The van der Waals surface area contributed by atoms with Crippen LogP contribution >= 0.6 is 44.1 Å². The SMILES string of the molecule is COc1cc(N=C=S)c(Br)cc1Br. The molecule has 0 aliphatic rings. The Morgan fingerprint density at radius 2 is 2.08 bits per heavy atom. The van der Waals surface area contributed by atoms with Crippen LogP contribution in [0.15, 0.2) is 26.1 Å². The largest absolute Gasteiger partial charge is 0.495 e. The molecule has 0 saturated heterocycles. The second-order valence-corrected chi connectivity index (χ2v) is 4.03. The van der Waals surface area contributed by atoms with Crippen molar-refractivity contribution in [3.63, 3.8) is 0 Å². The number of halogens is 2. The van der Waals surface area contributed by atoms with Gasteiger partial charge >= 0.3 is 0 Å². The Hall–Kier alpha value is -0.220. The lowest BCUT2D eigenvalue weighted by atomic mass is 10.3. The van der Waals surface area contributed by atoms with Crippen LogP contribution in [0.25, 0.3) is 0 Å². The van der Waals surface area contributed by atoms with Gasteiger partial charge in [-0.3, -0.25) is 0 Å². The summed E-state index contributed by atoms with van der Waals surface area (Å²) in [6.45, 7) is 0. The molecule has 1 rings (SSSR count). The summed E-state index contributed by atoms with van der Waals surface area (Å²) in [6, 6.07) is 3.62. The van der Waals surface area contributed by atoms with Crippen LogP contribution in [-0.2, 0) is 0 Å². The predicted octanol–water partition coefficient (Wildman–Crippen LogP) is 3.95. The van der Waals surface area contributed by atoms with Gasteiger partial charge in [0.1, 0.15) is 5.75 Å². The molecule has 0 heterocycles. The van der Waals surface area contributed by atoms with E-state index >= 15 is 0 Å². The molecule has 0 N–H and O–H groups in total. The summed E-state index contributed by atoms with van der Waals surface area (Å²) >= 11 is 11.2.